The fourth-order valence-corrected chi connectivity index (χ4v) is 3.31. The minimum absolute atomic E-state index is 0.352. The molecule has 0 unspecified atom stereocenters. The largest absolute Gasteiger partial charge is 0.454 e. The number of hydrogen-bond acceptors (Lipinski definition) is 3. The van der Waals surface area contributed by atoms with Crippen molar-refractivity contribution in [3.05, 3.63) is 23.8 Å². The van der Waals surface area contributed by atoms with Gasteiger partial charge in [-0.3, -0.25) is 0 Å². The molecule has 1 aromatic carbocycles. The molecule has 3 nitrogen and oxygen atoms in total. The Kier molecular flexibility index (Phi) is 4.46. The minimum atomic E-state index is 0.352. The lowest BCUT2D eigenvalue weighted by molar-refractivity contribution is 0.174. The molecule has 0 saturated heterocycles. The van der Waals surface area contributed by atoms with Gasteiger partial charge in [-0.15, -0.1) is 0 Å². The van der Waals surface area contributed by atoms with Crippen LogP contribution in [0.2, 0.25) is 0 Å². The van der Waals surface area contributed by atoms with Gasteiger partial charge in [-0.1, -0.05) is 31.7 Å². The van der Waals surface area contributed by atoms with Crippen molar-refractivity contribution in [3.63, 3.8) is 0 Å². The van der Waals surface area contributed by atoms with Crippen molar-refractivity contribution in [2.45, 2.75) is 58.0 Å². The highest BCUT2D eigenvalue weighted by molar-refractivity contribution is 5.44. The van der Waals surface area contributed by atoms with Crippen molar-refractivity contribution in [3.8, 4) is 11.5 Å². The molecule has 3 rings (SSSR count). The van der Waals surface area contributed by atoms with Crippen LogP contribution in [0.25, 0.3) is 0 Å². The molecule has 20 heavy (non-hydrogen) atoms. The van der Waals surface area contributed by atoms with E-state index in [1.54, 1.807) is 0 Å². The summed E-state index contributed by atoms with van der Waals surface area (Å²) in [5.41, 5.74) is 1.27. The molecule has 3 heteroatoms. The van der Waals surface area contributed by atoms with E-state index in [4.69, 9.17) is 9.47 Å². The third-order valence-corrected chi connectivity index (χ3v) is 4.67. The van der Waals surface area contributed by atoms with E-state index in [9.17, 15) is 0 Å². The van der Waals surface area contributed by atoms with Crippen LogP contribution in [0.1, 0.15) is 51.0 Å². The van der Waals surface area contributed by atoms with Gasteiger partial charge in [-0.2, -0.15) is 0 Å². The molecule has 0 amide bonds. The van der Waals surface area contributed by atoms with E-state index in [0.717, 1.165) is 24.0 Å². The molecule has 110 valence electrons. The number of fused-ring (bicyclic) bond motifs is 1. The van der Waals surface area contributed by atoms with E-state index in [1.807, 2.05) is 6.07 Å². The monoisotopic (exact) mass is 275 g/mol. The zero-order chi connectivity index (χ0) is 13.8. The first-order valence-electron chi connectivity index (χ1n) is 7.95. The van der Waals surface area contributed by atoms with Crippen LogP contribution in [-0.2, 0) is 6.54 Å². The van der Waals surface area contributed by atoms with E-state index < -0.39 is 0 Å². The van der Waals surface area contributed by atoms with Gasteiger partial charge in [0.05, 0.1) is 0 Å². The van der Waals surface area contributed by atoms with Gasteiger partial charge in [0.15, 0.2) is 11.5 Å². The molecule has 1 atom stereocenters. The fourth-order valence-electron chi connectivity index (χ4n) is 3.31. The molecule has 1 saturated carbocycles. The van der Waals surface area contributed by atoms with E-state index in [-0.39, 0.29) is 0 Å². The Hall–Kier alpha value is -1.22. The van der Waals surface area contributed by atoms with Gasteiger partial charge in [-0.25, -0.2) is 0 Å². The van der Waals surface area contributed by atoms with Crippen LogP contribution in [-0.4, -0.2) is 12.8 Å². The first-order chi connectivity index (χ1) is 9.83. The minimum Gasteiger partial charge on any atom is -0.454 e. The molecule has 0 radical (unpaired) electrons. The Morgan fingerprint density at radius 2 is 1.85 bits per heavy atom. The summed E-state index contributed by atoms with van der Waals surface area (Å²) in [5, 5.41) is 3.69. The Bertz CT molecular complexity index is 439. The van der Waals surface area contributed by atoms with E-state index in [2.05, 4.69) is 24.4 Å². The number of hydrogen-bond donors (Lipinski definition) is 1. The highest BCUT2D eigenvalue weighted by atomic mass is 16.7. The molecule has 1 heterocycles. The fraction of sp³-hybridized carbons (Fsp3) is 0.647. The predicted molar refractivity (Wildman–Crippen MR) is 80.1 cm³/mol. The first-order valence-corrected chi connectivity index (χ1v) is 7.95. The number of nitrogens with one attached hydrogen (secondary N) is 1. The van der Waals surface area contributed by atoms with Crippen molar-refractivity contribution in [1.82, 2.24) is 5.32 Å². The average molecular weight is 275 g/mol. The smallest absolute Gasteiger partial charge is 0.231 e. The summed E-state index contributed by atoms with van der Waals surface area (Å²) in [7, 11) is 0. The molecule has 1 aliphatic carbocycles. The number of rotatable bonds is 4. The second-order valence-corrected chi connectivity index (χ2v) is 6.11. The molecular formula is C17H25NO2. The Morgan fingerprint density at radius 1 is 1.10 bits per heavy atom. The van der Waals surface area contributed by atoms with Gasteiger partial charge in [0.1, 0.15) is 0 Å². The molecule has 1 fully saturated rings. The zero-order valence-corrected chi connectivity index (χ0v) is 12.4. The lowest BCUT2D eigenvalue weighted by Gasteiger charge is -2.23. The van der Waals surface area contributed by atoms with Crippen LogP contribution < -0.4 is 14.8 Å². The summed E-state index contributed by atoms with van der Waals surface area (Å²) in [5.74, 6) is 2.59. The molecule has 0 spiro atoms. The normalized spacial score (nSPS) is 20.6. The van der Waals surface area contributed by atoms with Gasteiger partial charge >= 0.3 is 0 Å². The van der Waals surface area contributed by atoms with Crippen LogP contribution in [0.4, 0.5) is 0 Å². The summed E-state index contributed by atoms with van der Waals surface area (Å²) in [6.07, 6.45) is 8.42. The molecule has 0 aromatic heterocycles. The van der Waals surface area contributed by atoms with E-state index in [0.29, 0.717) is 12.8 Å². The van der Waals surface area contributed by atoms with Crippen molar-refractivity contribution >= 4 is 0 Å². The average Bonchev–Trinajstić information content (AvgIpc) is 2.76. The summed E-state index contributed by atoms with van der Waals surface area (Å²) < 4.78 is 10.8. The quantitative estimate of drug-likeness (QED) is 0.846. The van der Waals surface area contributed by atoms with Gasteiger partial charge in [-0.05, 0) is 43.4 Å². The van der Waals surface area contributed by atoms with E-state index in [1.165, 1.54) is 44.1 Å². The van der Waals surface area contributed by atoms with Gasteiger partial charge in [0.25, 0.3) is 0 Å². The molecule has 1 N–H and O–H groups in total. The highest BCUT2D eigenvalue weighted by Crippen LogP contribution is 2.32. The van der Waals surface area contributed by atoms with Crippen molar-refractivity contribution in [1.29, 1.82) is 0 Å². The van der Waals surface area contributed by atoms with Gasteiger partial charge in [0, 0.05) is 12.6 Å². The maximum Gasteiger partial charge on any atom is 0.231 e. The maximum atomic E-state index is 5.43. The topological polar surface area (TPSA) is 30.5 Å². The SMILES string of the molecule is C[C@@H](NCc1ccc2c(c1)OCO2)C1CCCCCC1. The first kappa shape index (κ1) is 13.7. The molecule has 1 aliphatic heterocycles. The zero-order valence-electron chi connectivity index (χ0n) is 12.4. The van der Waals surface area contributed by atoms with Crippen molar-refractivity contribution in [2.75, 3.05) is 6.79 Å². The van der Waals surface area contributed by atoms with Crippen molar-refractivity contribution < 1.29 is 9.47 Å². The van der Waals surface area contributed by atoms with E-state index >= 15 is 0 Å². The molecular weight excluding hydrogens is 250 g/mol. The number of ether oxygens (including phenoxy) is 2. The lowest BCUT2D eigenvalue weighted by Crippen LogP contribution is -2.32. The lowest BCUT2D eigenvalue weighted by atomic mass is 9.93. The van der Waals surface area contributed by atoms with Crippen LogP contribution in [0.3, 0.4) is 0 Å². The molecule has 0 bridgehead atoms. The standard InChI is InChI=1S/C17H25NO2/c1-13(15-6-4-2-3-5-7-15)18-11-14-8-9-16-17(10-14)20-12-19-16/h8-10,13,15,18H,2-7,11-12H2,1H3/t13-/m1/s1. The summed E-state index contributed by atoms with van der Waals surface area (Å²) in [4.78, 5) is 0. The van der Waals surface area contributed by atoms with Gasteiger partial charge in [0.2, 0.25) is 6.79 Å². The van der Waals surface area contributed by atoms with Gasteiger partial charge < -0.3 is 14.8 Å². The summed E-state index contributed by atoms with van der Waals surface area (Å²) in [6.45, 7) is 3.60. The van der Waals surface area contributed by atoms with Crippen LogP contribution >= 0.6 is 0 Å². The molecule has 2 aliphatic rings. The second-order valence-electron chi connectivity index (χ2n) is 6.11. The third kappa shape index (κ3) is 3.26. The highest BCUT2D eigenvalue weighted by Gasteiger charge is 2.19. The van der Waals surface area contributed by atoms with Crippen LogP contribution in [0, 0.1) is 5.92 Å². The molecule has 1 aromatic rings. The Morgan fingerprint density at radius 3 is 2.65 bits per heavy atom. The van der Waals surface area contributed by atoms with Crippen molar-refractivity contribution in [2.24, 2.45) is 5.92 Å². The number of benzene rings is 1. The predicted octanol–water partition coefficient (Wildman–Crippen LogP) is 3.86. The summed E-state index contributed by atoms with van der Waals surface area (Å²) in [6, 6.07) is 6.82. The maximum absolute atomic E-state index is 5.43. The second kappa shape index (κ2) is 6.49. The van der Waals surface area contributed by atoms with Crippen LogP contribution in [0.15, 0.2) is 18.2 Å². The van der Waals surface area contributed by atoms with Crippen LogP contribution in [0.5, 0.6) is 11.5 Å². The third-order valence-electron chi connectivity index (χ3n) is 4.67. The Balaban J connectivity index is 1.53. The Labute approximate surface area is 121 Å². The summed E-state index contributed by atoms with van der Waals surface area (Å²) >= 11 is 0.